The Morgan fingerprint density at radius 2 is 1.91 bits per heavy atom. The number of carboxylic acid groups (broad SMARTS) is 1. The van der Waals surface area contributed by atoms with Crippen molar-refractivity contribution >= 4 is 27.4 Å². The van der Waals surface area contributed by atoms with Gasteiger partial charge in [-0.25, -0.2) is 0 Å². The van der Waals surface area contributed by atoms with Crippen LogP contribution in [0.25, 0.3) is 21.2 Å². The molecule has 0 radical (unpaired) electrons. The summed E-state index contributed by atoms with van der Waals surface area (Å²) in [5.74, 6) is 6.90. The topological polar surface area (TPSA) is 65.0 Å². The molecule has 2 heterocycles. The van der Waals surface area contributed by atoms with Gasteiger partial charge in [0.2, 0.25) is 0 Å². The van der Waals surface area contributed by atoms with E-state index in [2.05, 4.69) is 41.5 Å². The smallest absolute Gasteiger partial charge is 0.304 e. The predicted octanol–water partition coefficient (Wildman–Crippen LogP) is 6.50. The largest absolute Gasteiger partial charge is 0.489 e. The molecule has 1 aliphatic heterocycles. The summed E-state index contributed by atoms with van der Waals surface area (Å²) < 4.78 is 18.9. The van der Waals surface area contributed by atoms with Crippen molar-refractivity contribution in [3.8, 4) is 40.2 Å². The highest BCUT2D eigenvalue weighted by molar-refractivity contribution is 7.17. The summed E-state index contributed by atoms with van der Waals surface area (Å²) in [4.78, 5) is 11.1. The fraction of sp³-hybridized carbons (Fsp3) is 0.207. The minimum Gasteiger partial charge on any atom is -0.489 e. The van der Waals surface area contributed by atoms with Crippen LogP contribution in [0.4, 0.5) is 0 Å². The van der Waals surface area contributed by atoms with Crippen LogP contribution >= 0.6 is 11.3 Å². The van der Waals surface area contributed by atoms with E-state index in [4.69, 9.17) is 19.3 Å². The summed E-state index contributed by atoms with van der Waals surface area (Å²) in [6.45, 7) is 3.25. The molecule has 3 aromatic carbocycles. The van der Waals surface area contributed by atoms with Crippen molar-refractivity contribution < 1.29 is 24.1 Å². The first-order chi connectivity index (χ1) is 17.1. The highest BCUT2D eigenvalue weighted by atomic mass is 32.1. The SMILES string of the molecule is CC#CC(CC(=O)O)c1ccc(OCc2ccc3scc(-c4cccc5c4OCCO5)c3c2)cc1. The zero-order chi connectivity index (χ0) is 24.2. The van der Waals surface area contributed by atoms with E-state index < -0.39 is 5.97 Å². The van der Waals surface area contributed by atoms with Gasteiger partial charge in [0.1, 0.15) is 25.6 Å². The number of benzene rings is 3. The normalized spacial score (nSPS) is 13.1. The number of fused-ring (bicyclic) bond motifs is 2. The predicted molar refractivity (Wildman–Crippen MR) is 137 cm³/mol. The van der Waals surface area contributed by atoms with Crippen LogP contribution in [-0.4, -0.2) is 24.3 Å². The molecule has 1 aliphatic rings. The van der Waals surface area contributed by atoms with Gasteiger partial charge in [-0.15, -0.1) is 17.3 Å². The lowest BCUT2D eigenvalue weighted by molar-refractivity contribution is -0.137. The summed E-state index contributed by atoms with van der Waals surface area (Å²) >= 11 is 1.70. The van der Waals surface area contributed by atoms with Gasteiger partial charge in [0.25, 0.3) is 0 Å². The number of ether oxygens (including phenoxy) is 3. The van der Waals surface area contributed by atoms with Crippen molar-refractivity contribution in [2.24, 2.45) is 0 Å². The summed E-state index contributed by atoms with van der Waals surface area (Å²) in [6, 6.07) is 19.9. The number of carbonyl (C=O) groups is 1. The monoisotopic (exact) mass is 484 g/mol. The maximum Gasteiger partial charge on any atom is 0.304 e. The molecular formula is C29H24O5S. The van der Waals surface area contributed by atoms with Gasteiger partial charge < -0.3 is 19.3 Å². The van der Waals surface area contributed by atoms with Gasteiger partial charge in [0, 0.05) is 21.2 Å². The van der Waals surface area contributed by atoms with Gasteiger partial charge in [0.15, 0.2) is 11.5 Å². The highest BCUT2D eigenvalue weighted by Gasteiger charge is 2.19. The van der Waals surface area contributed by atoms with Crippen LogP contribution in [-0.2, 0) is 11.4 Å². The number of rotatable bonds is 7. The summed E-state index contributed by atoms with van der Waals surface area (Å²) in [6.07, 6.45) is -0.0220. The number of para-hydroxylation sites is 1. The maximum atomic E-state index is 11.1. The fourth-order valence-corrected chi connectivity index (χ4v) is 5.17. The molecule has 5 rings (SSSR count). The molecule has 0 saturated heterocycles. The van der Waals surface area contributed by atoms with E-state index in [9.17, 15) is 4.79 Å². The molecule has 1 aromatic heterocycles. The zero-order valence-electron chi connectivity index (χ0n) is 19.2. The van der Waals surface area contributed by atoms with Gasteiger partial charge in [0.05, 0.1) is 12.3 Å². The summed E-state index contributed by atoms with van der Waals surface area (Å²) in [5.41, 5.74) is 4.09. The van der Waals surface area contributed by atoms with Crippen LogP contribution in [0.5, 0.6) is 17.2 Å². The van der Waals surface area contributed by atoms with Crippen molar-refractivity contribution in [1.82, 2.24) is 0 Å². The Hall–Kier alpha value is -3.95. The van der Waals surface area contributed by atoms with E-state index in [1.165, 1.54) is 4.70 Å². The van der Waals surface area contributed by atoms with Gasteiger partial charge >= 0.3 is 5.97 Å². The molecule has 0 bridgehead atoms. The third kappa shape index (κ3) is 4.96. The minimum absolute atomic E-state index is 0.0220. The molecule has 176 valence electrons. The van der Waals surface area contributed by atoms with Crippen molar-refractivity contribution in [2.75, 3.05) is 13.2 Å². The molecule has 1 atom stereocenters. The molecule has 1 N–H and O–H groups in total. The zero-order valence-corrected chi connectivity index (χ0v) is 20.1. The van der Waals surface area contributed by atoms with Crippen LogP contribution < -0.4 is 14.2 Å². The second-order valence-corrected chi connectivity index (χ2v) is 9.12. The summed E-state index contributed by atoms with van der Waals surface area (Å²) in [5, 5.41) is 12.5. The van der Waals surface area contributed by atoms with E-state index in [0.29, 0.717) is 19.8 Å². The van der Waals surface area contributed by atoms with Crippen LogP contribution in [0.2, 0.25) is 0 Å². The van der Waals surface area contributed by atoms with Crippen LogP contribution in [0.1, 0.15) is 30.4 Å². The lowest BCUT2D eigenvalue weighted by atomic mass is 9.96. The Bertz CT molecular complexity index is 1430. The van der Waals surface area contributed by atoms with Gasteiger partial charge in [-0.1, -0.05) is 36.3 Å². The Kier molecular flexibility index (Phi) is 6.60. The number of aliphatic carboxylic acids is 1. The second kappa shape index (κ2) is 10.1. The lowest BCUT2D eigenvalue weighted by Crippen LogP contribution is -2.15. The van der Waals surface area contributed by atoms with Crippen molar-refractivity contribution in [2.45, 2.75) is 25.9 Å². The number of carboxylic acids is 1. The molecule has 4 aromatic rings. The minimum atomic E-state index is -0.864. The maximum absolute atomic E-state index is 11.1. The Morgan fingerprint density at radius 1 is 1.09 bits per heavy atom. The Labute approximate surface area is 207 Å². The van der Waals surface area contributed by atoms with Crippen molar-refractivity contribution in [3.05, 3.63) is 77.2 Å². The van der Waals surface area contributed by atoms with E-state index in [-0.39, 0.29) is 12.3 Å². The average Bonchev–Trinajstić information content (AvgIpc) is 3.30. The van der Waals surface area contributed by atoms with Gasteiger partial charge in [-0.2, -0.15) is 0 Å². The quantitative estimate of drug-likeness (QED) is 0.303. The molecule has 1 unspecified atom stereocenters. The Balaban J connectivity index is 1.35. The van der Waals surface area contributed by atoms with Gasteiger partial charge in [-0.05, 0) is 53.8 Å². The van der Waals surface area contributed by atoms with E-state index >= 15 is 0 Å². The molecule has 0 amide bonds. The molecule has 0 aliphatic carbocycles. The van der Waals surface area contributed by atoms with Crippen molar-refractivity contribution in [1.29, 1.82) is 0 Å². The molecule has 35 heavy (non-hydrogen) atoms. The molecule has 6 heteroatoms. The van der Waals surface area contributed by atoms with Gasteiger partial charge in [-0.3, -0.25) is 4.79 Å². The van der Waals surface area contributed by atoms with E-state index in [1.807, 2.05) is 36.4 Å². The third-order valence-corrected chi connectivity index (χ3v) is 6.84. The number of thiophene rings is 1. The number of hydrogen-bond donors (Lipinski definition) is 1. The van der Waals surface area contributed by atoms with Crippen LogP contribution in [0.3, 0.4) is 0 Å². The highest BCUT2D eigenvalue weighted by Crippen LogP contribution is 2.44. The Morgan fingerprint density at radius 3 is 2.71 bits per heavy atom. The standard InChI is InChI=1S/C29H24O5S/c1-2-4-21(16-28(30)31)20-8-10-22(11-9-20)34-17-19-7-12-27-24(15-19)25(18-35-27)23-5-3-6-26-29(23)33-14-13-32-26/h3,5-12,15,18,21H,13-14,16-17H2,1H3,(H,30,31). The van der Waals surface area contributed by atoms with E-state index in [1.54, 1.807) is 18.3 Å². The first kappa shape index (κ1) is 22.8. The molecule has 0 spiro atoms. The molecular weight excluding hydrogens is 460 g/mol. The van der Waals surface area contributed by atoms with Crippen LogP contribution in [0, 0.1) is 11.8 Å². The average molecular weight is 485 g/mol. The fourth-order valence-electron chi connectivity index (χ4n) is 4.22. The lowest BCUT2D eigenvalue weighted by Gasteiger charge is -2.20. The molecule has 5 nitrogen and oxygen atoms in total. The van der Waals surface area contributed by atoms with Crippen molar-refractivity contribution in [3.63, 3.8) is 0 Å². The number of hydrogen-bond acceptors (Lipinski definition) is 5. The summed E-state index contributed by atoms with van der Waals surface area (Å²) in [7, 11) is 0. The molecule has 0 fully saturated rings. The van der Waals surface area contributed by atoms with Crippen LogP contribution in [0.15, 0.2) is 66.0 Å². The second-order valence-electron chi connectivity index (χ2n) is 8.21. The molecule has 0 saturated carbocycles. The van der Waals surface area contributed by atoms with E-state index in [0.717, 1.165) is 44.9 Å². The first-order valence-electron chi connectivity index (χ1n) is 11.4. The third-order valence-electron chi connectivity index (χ3n) is 5.88. The first-order valence-corrected chi connectivity index (χ1v) is 12.3.